The number of nitrogens with one attached hydrogen (secondary N) is 1. The molecule has 190 valence electrons. The number of carbonyl (C=O) groups is 1. The molecule has 2 N–H and O–H groups in total. The smallest absolute Gasteiger partial charge is 0.335 e. The third kappa shape index (κ3) is 4.52. The van der Waals surface area contributed by atoms with E-state index in [2.05, 4.69) is 27.0 Å². The Hall–Kier alpha value is -4.85. The molecule has 5 aromatic rings. The van der Waals surface area contributed by atoms with E-state index in [0.29, 0.717) is 24.7 Å². The zero-order chi connectivity index (χ0) is 26.1. The maximum atomic E-state index is 11.6. The summed E-state index contributed by atoms with van der Waals surface area (Å²) in [6.45, 7) is 1.27. The number of nitrogens with zero attached hydrogens (tertiary/aromatic N) is 3. The molecule has 6 rings (SSSR count). The lowest BCUT2D eigenvalue weighted by atomic mass is 9.92. The van der Waals surface area contributed by atoms with Gasteiger partial charge in [0.25, 0.3) is 0 Å². The minimum Gasteiger partial charge on any atom is -0.497 e. The number of ether oxygens (including phenoxy) is 2. The number of para-hydroxylation sites is 2. The van der Waals surface area contributed by atoms with Crippen LogP contribution >= 0.6 is 0 Å². The van der Waals surface area contributed by atoms with Gasteiger partial charge in [0.15, 0.2) is 5.82 Å². The number of hydrogen-bond donors (Lipinski definition) is 2. The standard InChI is InChI=1S/C30H26N4O4/c1-37-23-9-6-21(7-10-23)32-22-8-11-24-20(13-15-38-28(24)17-22)18-34-27-5-3-2-4-25(27)33-29(34)26-16-19(30(35)36)12-14-31-26/h2-12,14,16-17,20,32H,13,15,18H2,1H3,(H,35,36). The lowest BCUT2D eigenvalue weighted by Crippen LogP contribution is -2.19. The van der Waals surface area contributed by atoms with Crippen molar-refractivity contribution < 1.29 is 19.4 Å². The second-order valence-corrected chi connectivity index (χ2v) is 9.21. The van der Waals surface area contributed by atoms with Crippen molar-refractivity contribution in [3.8, 4) is 23.0 Å². The number of carboxylic acid groups (broad SMARTS) is 1. The molecule has 0 aliphatic carbocycles. The van der Waals surface area contributed by atoms with E-state index in [9.17, 15) is 9.90 Å². The lowest BCUT2D eigenvalue weighted by molar-refractivity contribution is 0.0696. The normalized spacial score (nSPS) is 14.5. The van der Waals surface area contributed by atoms with E-state index >= 15 is 0 Å². The highest BCUT2D eigenvalue weighted by Gasteiger charge is 2.25. The SMILES string of the molecule is COc1ccc(Nc2ccc3c(c2)OCCC3Cn2c(-c3cc(C(=O)O)ccn3)nc3ccccc32)cc1. The molecule has 0 bridgehead atoms. The van der Waals surface area contributed by atoms with Crippen molar-refractivity contribution >= 4 is 28.4 Å². The van der Waals surface area contributed by atoms with Crippen molar-refractivity contribution in [3.63, 3.8) is 0 Å². The van der Waals surface area contributed by atoms with E-state index in [0.717, 1.165) is 45.9 Å². The number of methoxy groups -OCH3 is 1. The second-order valence-electron chi connectivity index (χ2n) is 9.21. The maximum Gasteiger partial charge on any atom is 0.335 e. The molecule has 1 unspecified atom stereocenters. The number of hydrogen-bond acceptors (Lipinski definition) is 6. The summed E-state index contributed by atoms with van der Waals surface area (Å²) < 4.78 is 13.5. The number of carboxylic acids is 1. The molecule has 8 nitrogen and oxygen atoms in total. The van der Waals surface area contributed by atoms with Crippen LogP contribution in [-0.4, -0.2) is 39.3 Å². The van der Waals surface area contributed by atoms with Crippen molar-refractivity contribution in [2.75, 3.05) is 19.0 Å². The molecule has 0 fully saturated rings. The lowest BCUT2D eigenvalue weighted by Gasteiger charge is -2.27. The molecule has 1 aliphatic heterocycles. The largest absolute Gasteiger partial charge is 0.497 e. The predicted molar refractivity (Wildman–Crippen MR) is 145 cm³/mol. The van der Waals surface area contributed by atoms with Crippen molar-refractivity contribution in [1.82, 2.24) is 14.5 Å². The molecular weight excluding hydrogens is 480 g/mol. The molecule has 3 heterocycles. The van der Waals surface area contributed by atoms with Crippen LogP contribution in [0.2, 0.25) is 0 Å². The van der Waals surface area contributed by atoms with Crippen LogP contribution in [0.3, 0.4) is 0 Å². The quantitative estimate of drug-likeness (QED) is 0.275. The summed E-state index contributed by atoms with van der Waals surface area (Å²) in [5, 5.41) is 12.9. The van der Waals surface area contributed by atoms with Gasteiger partial charge in [-0.15, -0.1) is 0 Å². The van der Waals surface area contributed by atoms with Crippen LogP contribution in [0, 0.1) is 0 Å². The van der Waals surface area contributed by atoms with Crippen molar-refractivity contribution in [2.45, 2.75) is 18.9 Å². The first-order valence-electron chi connectivity index (χ1n) is 12.4. The number of fused-ring (bicyclic) bond motifs is 2. The Kier molecular flexibility index (Phi) is 6.13. The number of aromatic carboxylic acids is 1. The van der Waals surface area contributed by atoms with Crippen LogP contribution in [0.5, 0.6) is 11.5 Å². The average Bonchev–Trinajstić information content (AvgIpc) is 3.32. The van der Waals surface area contributed by atoms with E-state index in [-0.39, 0.29) is 11.5 Å². The maximum absolute atomic E-state index is 11.6. The van der Waals surface area contributed by atoms with Gasteiger partial charge in [0.1, 0.15) is 17.2 Å². The highest BCUT2D eigenvalue weighted by molar-refractivity contribution is 5.89. The third-order valence-corrected chi connectivity index (χ3v) is 6.85. The van der Waals surface area contributed by atoms with Gasteiger partial charge in [-0.3, -0.25) is 4.98 Å². The zero-order valence-corrected chi connectivity index (χ0v) is 20.8. The van der Waals surface area contributed by atoms with E-state index in [1.54, 1.807) is 13.2 Å². The zero-order valence-electron chi connectivity index (χ0n) is 20.8. The molecule has 0 amide bonds. The van der Waals surface area contributed by atoms with E-state index in [4.69, 9.17) is 14.5 Å². The molecule has 3 aromatic carbocycles. The first-order valence-corrected chi connectivity index (χ1v) is 12.4. The topological polar surface area (TPSA) is 98.5 Å². The molecule has 0 saturated heterocycles. The molecular formula is C30H26N4O4. The summed E-state index contributed by atoms with van der Waals surface area (Å²) in [6.07, 6.45) is 2.37. The minimum atomic E-state index is -0.992. The van der Waals surface area contributed by atoms with E-state index < -0.39 is 5.97 Å². The predicted octanol–water partition coefficient (Wildman–Crippen LogP) is 6.12. The number of pyridine rings is 1. The van der Waals surface area contributed by atoms with Crippen molar-refractivity contribution in [2.24, 2.45) is 0 Å². The molecule has 1 atom stereocenters. The summed E-state index contributed by atoms with van der Waals surface area (Å²) in [7, 11) is 1.65. The number of aromatic nitrogens is 3. The van der Waals surface area contributed by atoms with Crippen LogP contribution in [0.4, 0.5) is 11.4 Å². The van der Waals surface area contributed by atoms with Gasteiger partial charge >= 0.3 is 5.97 Å². The van der Waals surface area contributed by atoms with Gasteiger partial charge in [0.2, 0.25) is 0 Å². The fourth-order valence-corrected chi connectivity index (χ4v) is 4.93. The Morgan fingerprint density at radius 1 is 1.08 bits per heavy atom. The van der Waals surface area contributed by atoms with E-state index in [1.165, 1.54) is 12.3 Å². The molecule has 2 aromatic heterocycles. The molecule has 0 spiro atoms. The molecule has 38 heavy (non-hydrogen) atoms. The Balaban J connectivity index is 1.33. The fraction of sp³-hybridized carbons (Fsp3) is 0.167. The number of imidazole rings is 1. The van der Waals surface area contributed by atoms with Crippen LogP contribution in [-0.2, 0) is 6.54 Å². The third-order valence-electron chi connectivity index (χ3n) is 6.85. The minimum absolute atomic E-state index is 0.182. The Morgan fingerprint density at radius 2 is 1.89 bits per heavy atom. The van der Waals surface area contributed by atoms with Gasteiger partial charge in [0.05, 0.1) is 30.3 Å². The van der Waals surface area contributed by atoms with Gasteiger partial charge in [-0.1, -0.05) is 18.2 Å². The van der Waals surface area contributed by atoms with Crippen LogP contribution in [0.25, 0.3) is 22.6 Å². The highest BCUT2D eigenvalue weighted by atomic mass is 16.5. The van der Waals surface area contributed by atoms with Gasteiger partial charge in [-0.05, 0) is 66.6 Å². The summed E-state index contributed by atoms with van der Waals surface area (Å²) in [4.78, 5) is 20.9. The summed E-state index contributed by atoms with van der Waals surface area (Å²) in [5.74, 6) is 1.52. The molecule has 1 aliphatic rings. The first-order chi connectivity index (χ1) is 18.6. The van der Waals surface area contributed by atoms with Crippen LogP contribution < -0.4 is 14.8 Å². The average molecular weight is 507 g/mol. The van der Waals surface area contributed by atoms with Crippen molar-refractivity contribution in [1.29, 1.82) is 0 Å². The number of anilines is 2. The van der Waals surface area contributed by atoms with Crippen LogP contribution in [0.1, 0.15) is 28.3 Å². The molecule has 0 saturated carbocycles. The Bertz CT molecular complexity index is 1630. The highest BCUT2D eigenvalue weighted by Crippen LogP contribution is 2.38. The summed E-state index contributed by atoms with van der Waals surface area (Å²) >= 11 is 0. The van der Waals surface area contributed by atoms with Gasteiger partial charge in [0, 0.05) is 36.1 Å². The van der Waals surface area contributed by atoms with E-state index in [1.807, 2.05) is 54.6 Å². The summed E-state index contributed by atoms with van der Waals surface area (Å²) in [6, 6.07) is 25.0. The Labute approximate surface area is 219 Å². The number of benzene rings is 3. The second kappa shape index (κ2) is 9.89. The Morgan fingerprint density at radius 3 is 2.71 bits per heavy atom. The number of rotatable bonds is 7. The molecule has 0 radical (unpaired) electrons. The van der Waals surface area contributed by atoms with Crippen LogP contribution in [0.15, 0.2) is 85.1 Å². The van der Waals surface area contributed by atoms with Crippen molar-refractivity contribution in [3.05, 3.63) is 96.2 Å². The first kappa shape index (κ1) is 23.5. The monoisotopic (exact) mass is 506 g/mol. The van der Waals surface area contributed by atoms with Gasteiger partial charge < -0.3 is 24.5 Å². The fourth-order valence-electron chi connectivity index (χ4n) is 4.93. The van der Waals surface area contributed by atoms with Gasteiger partial charge in [-0.2, -0.15) is 0 Å². The van der Waals surface area contributed by atoms with Gasteiger partial charge in [-0.25, -0.2) is 9.78 Å². The summed E-state index contributed by atoms with van der Waals surface area (Å²) in [5.41, 5.74) is 5.58. The molecule has 8 heteroatoms.